The van der Waals surface area contributed by atoms with Crippen molar-refractivity contribution in [1.29, 1.82) is 0 Å². The van der Waals surface area contributed by atoms with Crippen LogP contribution in [0.25, 0.3) is 10.8 Å². The highest BCUT2D eigenvalue weighted by Gasteiger charge is 2.11. The van der Waals surface area contributed by atoms with Gasteiger partial charge in [-0.1, -0.05) is 24.3 Å². The normalized spacial score (nSPS) is 10.1. The molecule has 0 saturated carbocycles. The minimum atomic E-state index is -2.01. The molecule has 0 aliphatic heterocycles. The molecule has 2 aromatic carbocycles. The minimum Gasteiger partial charge on any atom is -0.401 e. The Balaban J connectivity index is 2.56. The molecular formula is C12H6F2O4. The van der Waals surface area contributed by atoms with E-state index in [4.69, 9.17) is 0 Å². The van der Waals surface area contributed by atoms with Crippen molar-refractivity contribution in [2.45, 2.75) is 0 Å². The van der Waals surface area contributed by atoms with Crippen LogP contribution in [-0.4, -0.2) is 12.4 Å². The van der Waals surface area contributed by atoms with E-state index in [0.717, 1.165) is 6.07 Å². The molecule has 0 saturated heterocycles. The fourth-order valence-corrected chi connectivity index (χ4v) is 1.57. The van der Waals surface area contributed by atoms with Crippen molar-refractivity contribution in [2.75, 3.05) is 0 Å². The molecule has 92 valence electrons. The van der Waals surface area contributed by atoms with Gasteiger partial charge in [0, 0.05) is 11.5 Å². The van der Waals surface area contributed by atoms with Gasteiger partial charge in [-0.25, -0.2) is 9.59 Å². The van der Waals surface area contributed by atoms with Crippen LogP contribution in [0, 0.1) is 0 Å². The topological polar surface area (TPSA) is 52.6 Å². The second-order valence-electron chi connectivity index (χ2n) is 3.32. The Hall–Kier alpha value is -2.50. The summed E-state index contributed by atoms with van der Waals surface area (Å²) in [4.78, 5) is 20.5. The summed E-state index contributed by atoms with van der Waals surface area (Å²) < 4.78 is 33.0. The molecule has 0 heterocycles. The average Bonchev–Trinajstić information content (AvgIpc) is 2.27. The monoisotopic (exact) mass is 252 g/mol. The number of benzene rings is 2. The van der Waals surface area contributed by atoms with Gasteiger partial charge in [0.2, 0.25) is 0 Å². The van der Waals surface area contributed by atoms with E-state index in [1.807, 2.05) is 0 Å². The maximum absolute atomic E-state index is 12.3. The predicted molar refractivity (Wildman–Crippen MR) is 58.2 cm³/mol. The number of fused-ring (bicyclic) bond motifs is 1. The number of ether oxygens (including phenoxy) is 2. The molecule has 0 radical (unpaired) electrons. The standard InChI is InChI=1S/C12H6F2O4/c13-11(15)17-8-5-7-3-1-2-4-9(7)10(6-8)18-12(14)16/h1-6H. The largest absolute Gasteiger partial charge is 0.500 e. The lowest BCUT2D eigenvalue weighted by Crippen LogP contribution is -2.01. The molecule has 0 unspecified atom stereocenters. The summed E-state index contributed by atoms with van der Waals surface area (Å²) in [7, 11) is 0. The third-order valence-corrected chi connectivity index (χ3v) is 2.19. The van der Waals surface area contributed by atoms with Crippen molar-refractivity contribution >= 4 is 23.2 Å². The minimum absolute atomic E-state index is 0.156. The number of halogens is 2. The predicted octanol–water partition coefficient (Wildman–Crippen LogP) is 3.78. The fourth-order valence-electron chi connectivity index (χ4n) is 1.57. The van der Waals surface area contributed by atoms with Gasteiger partial charge >= 0.3 is 12.4 Å². The van der Waals surface area contributed by atoms with E-state index in [0.29, 0.717) is 10.8 Å². The summed E-state index contributed by atoms with van der Waals surface area (Å²) >= 11 is 0. The maximum atomic E-state index is 12.3. The third-order valence-electron chi connectivity index (χ3n) is 2.19. The van der Waals surface area contributed by atoms with Crippen LogP contribution >= 0.6 is 0 Å². The van der Waals surface area contributed by atoms with Crippen LogP contribution in [0.5, 0.6) is 11.5 Å². The highest BCUT2D eigenvalue weighted by atomic mass is 19.2. The molecule has 0 spiro atoms. The number of carbonyl (C=O) groups excluding carboxylic acids is 2. The summed E-state index contributed by atoms with van der Waals surface area (Å²) in [5, 5.41) is 0.939. The molecule has 0 N–H and O–H groups in total. The fraction of sp³-hybridized carbons (Fsp3) is 0. The van der Waals surface area contributed by atoms with E-state index in [9.17, 15) is 18.4 Å². The molecule has 0 amide bonds. The smallest absolute Gasteiger partial charge is 0.401 e. The molecule has 18 heavy (non-hydrogen) atoms. The SMILES string of the molecule is O=C(F)Oc1cc(OC(=O)F)c2ccccc2c1. The summed E-state index contributed by atoms with van der Waals surface area (Å²) in [6.07, 6.45) is -4.02. The molecule has 0 atom stereocenters. The van der Waals surface area contributed by atoms with Crippen LogP contribution in [0.3, 0.4) is 0 Å². The van der Waals surface area contributed by atoms with E-state index in [-0.39, 0.29) is 11.5 Å². The van der Waals surface area contributed by atoms with Gasteiger partial charge in [0.1, 0.15) is 11.5 Å². The molecule has 0 aliphatic rings. The summed E-state index contributed by atoms with van der Waals surface area (Å²) in [5.74, 6) is -0.339. The van der Waals surface area contributed by atoms with Crippen LogP contribution in [0.15, 0.2) is 36.4 Å². The van der Waals surface area contributed by atoms with Crippen molar-refractivity contribution in [3.8, 4) is 11.5 Å². The number of rotatable bonds is 2. The molecule has 0 aromatic heterocycles. The maximum Gasteiger partial charge on any atom is 0.500 e. The molecule has 0 bridgehead atoms. The first-order chi connectivity index (χ1) is 8.56. The number of hydrogen-bond donors (Lipinski definition) is 0. The zero-order valence-corrected chi connectivity index (χ0v) is 8.85. The lowest BCUT2D eigenvalue weighted by molar-refractivity contribution is 0.174. The Bertz CT molecular complexity index is 625. The van der Waals surface area contributed by atoms with E-state index >= 15 is 0 Å². The Morgan fingerprint density at radius 1 is 0.944 bits per heavy atom. The van der Waals surface area contributed by atoms with Gasteiger partial charge in [0.25, 0.3) is 0 Å². The third kappa shape index (κ3) is 2.60. The molecule has 2 aromatic rings. The van der Waals surface area contributed by atoms with E-state index in [1.54, 1.807) is 24.3 Å². The molecule has 4 nitrogen and oxygen atoms in total. The lowest BCUT2D eigenvalue weighted by Gasteiger charge is -2.07. The number of carbonyl (C=O) groups is 2. The Kier molecular flexibility index (Phi) is 3.18. The Morgan fingerprint density at radius 3 is 2.28 bits per heavy atom. The van der Waals surface area contributed by atoms with Crippen molar-refractivity contribution < 1.29 is 27.8 Å². The zero-order valence-electron chi connectivity index (χ0n) is 8.85. The highest BCUT2D eigenvalue weighted by molar-refractivity contribution is 5.91. The number of hydrogen-bond acceptors (Lipinski definition) is 4. The van der Waals surface area contributed by atoms with E-state index in [2.05, 4.69) is 9.47 Å². The van der Waals surface area contributed by atoms with Crippen LogP contribution in [0.4, 0.5) is 18.4 Å². The second-order valence-corrected chi connectivity index (χ2v) is 3.32. The van der Waals surface area contributed by atoms with Crippen LogP contribution in [-0.2, 0) is 0 Å². The molecule has 2 rings (SSSR count). The van der Waals surface area contributed by atoms with Crippen LogP contribution < -0.4 is 9.47 Å². The average molecular weight is 252 g/mol. The summed E-state index contributed by atoms with van der Waals surface area (Å²) in [6.45, 7) is 0. The Labute approximate surface area is 99.7 Å². The van der Waals surface area contributed by atoms with Gasteiger partial charge in [0.15, 0.2) is 0 Å². The first kappa shape index (κ1) is 12.0. The second kappa shape index (κ2) is 4.79. The van der Waals surface area contributed by atoms with Crippen molar-refractivity contribution in [2.24, 2.45) is 0 Å². The van der Waals surface area contributed by atoms with Crippen LogP contribution in [0.2, 0.25) is 0 Å². The molecule has 6 heteroatoms. The van der Waals surface area contributed by atoms with E-state index < -0.39 is 12.4 Å². The van der Waals surface area contributed by atoms with E-state index in [1.165, 1.54) is 6.07 Å². The van der Waals surface area contributed by atoms with Gasteiger partial charge in [0.05, 0.1) is 0 Å². The van der Waals surface area contributed by atoms with Crippen molar-refractivity contribution in [3.63, 3.8) is 0 Å². The molecule has 0 fully saturated rings. The zero-order chi connectivity index (χ0) is 13.1. The van der Waals surface area contributed by atoms with Gasteiger partial charge in [-0.15, -0.1) is 8.78 Å². The first-order valence-corrected chi connectivity index (χ1v) is 4.83. The van der Waals surface area contributed by atoms with Gasteiger partial charge in [-0.3, -0.25) is 0 Å². The van der Waals surface area contributed by atoms with Gasteiger partial charge in [-0.2, -0.15) is 0 Å². The Morgan fingerprint density at radius 2 is 1.61 bits per heavy atom. The van der Waals surface area contributed by atoms with Crippen molar-refractivity contribution in [3.05, 3.63) is 36.4 Å². The molecule has 0 aliphatic carbocycles. The van der Waals surface area contributed by atoms with Gasteiger partial charge in [-0.05, 0) is 11.5 Å². The lowest BCUT2D eigenvalue weighted by atomic mass is 10.1. The summed E-state index contributed by atoms with van der Waals surface area (Å²) in [6, 6.07) is 8.93. The molecular weight excluding hydrogens is 246 g/mol. The van der Waals surface area contributed by atoms with Crippen LogP contribution in [0.1, 0.15) is 0 Å². The van der Waals surface area contributed by atoms with Crippen molar-refractivity contribution in [1.82, 2.24) is 0 Å². The highest BCUT2D eigenvalue weighted by Crippen LogP contribution is 2.31. The summed E-state index contributed by atoms with van der Waals surface area (Å²) in [5.41, 5.74) is 0. The first-order valence-electron chi connectivity index (χ1n) is 4.83. The quantitative estimate of drug-likeness (QED) is 0.763. The van der Waals surface area contributed by atoms with Gasteiger partial charge < -0.3 is 9.47 Å².